The number of hydrogen-bond acceptors (Lipinski definition) is 8. The quantitative estimate of drug-likeness (QED) is 0.204. The second-order valence-corrected chi connectivity index (χ2v) is 10.0. The number of nitrogens with zero attached hydrogens (tertiary/aromatic N) is 5. The van der Waals surface area contributed by atoms with Gasteiger partial charge in [-0.25, -0.2) is 14.4 Å². The zero-order chi connectivity index (χ0) is 28.0. The van der Waals surface area contributed by atoms with E-state index in [4.69, 9.17) is 9.26 Å². The van der Waals surface area contributed by atoms with Crippen molar-refractivity contribution in [1.82, 2.24) is 20.1 Å². The molecule has 2 aromatic heterocycles. The number of carbonyl (C=O) groups excluding carboxylic acids is 1. The van der Waals surface area contributed by atoms with Gasteiger partial charge in [0.15, 0.2) is 6.61 Å². The Bertz CT molecular complexity index is 1590. The van der Waals surface area contributed by atoms with E-state index in [0.717, 1.165) is 35.0 Å². The highest BCUT2D eigenvalue weighted by Crippen LogP contribution is 2.29. The zero-order valence-corrected chi connectivity index (χ0v) is 22.3. The number of aldehydes is 1. The highest BCUT2D eigenvalue weighted by Gasteiger charge is 2.34. The summed E-state index contributed by atoms with van der Waals surface area (Å²) in [5.41, 5.74) is 4.56. The van der Waals surface area contributed by atoms with Gasteiger partial charge in [0, 0.05) is 30.8 Å². The highest BCUT2D eigenvalue weighted by molar-refractivity contribution is 5.67. The summed E-state index contributed by atoms with van der Waals surface area (Å²) in [6.45, 7) is 0.659. The third kappa shape index (κ3) is 6.14. The Kier molecular flexibility index (Phi) is 7.75. The van der Waals surface area contributed by atoms with Gasteiger partial charge in [0.05, 0.1) is 5.69 Å². The van der Waals surface area contributed by atoms with Crippen LogP contribution in [0.25, 0.3) is 22.5 Å². The number of benzene rings is 3. The maximum absolute atomic E-state index is 13.0. The summed E-state index contributed by atoms with van der Waals surface area (Å²) in [6, 6.07) is 27.5. The van der Waals surface area contributed by atoms with Crippen LogP contribution in [-0.4, -0.2) is 39.5 Å². The fourth-order valence-corrected chi connectivity index (χ4v) is 5.08. The molecule has 6 rings (SSSR count). The van der Waals surface area contributed by atoms with Gasteiger partial charge >= 0.3 is 0 Å². The van der Waals surface area contributed by atoms with E-state index in [2.05, 4.69) is 32.2 Å². The lowest BCUT2D eigenvalue weighted by Crippen LogP contribution is -2.23. The molecule has 0 saturated carbocycles. The third-order valence-corrected chi connectivity index (χ3v) is 7.29. The molecule has 0 aliphatic carbocycles. The number of halogens is 1. The van der Waals surface area contributed by atoms with Crippen LogP contribution in [0, 0.1) is 11.8 Å². The van der Waals surface area contributed by atoms with Crippen LogP contribution in [-0.2, 0) is 24.5 Å². The van der Waals surface area contributed by atoms with Crippen LogP contribution in [0.1, 0.15) is 17.1 Å². The van der Waals surface area contributed by atoms with Crippen molar-refractivity contribution >= 4 is 12.2 Å². The van der Waals surface area contributed by atoms with E-state index in [1.807, 2.05) is 71.6 Å². The molecule has 0 radical (unpaired) electrons. The molecule has 0 unspecified atom stereocenters. The number of hydrogen-bond donors (Lipinski definition) is 0. The minimum absolute atomic E-state index is 0.107. The number of ether oxygens (including phenoxy) is 1. The van der Waals surface area contributed by atoms with E-state index < -0.39 is 6.67 Å². The van der Waals surface area contributed by atoms with Crippen molar-refractivity contribution in [3.05, 3.63) is 108 Å². The molecule has 0 bridgehead atoms. The van der Waals surface area contributed by atoms with E-state index in [1.165, 1.54) is 0 Å². The Morgan fingerprint density at radius 1 is 0.902 bits per heavy atom. The van der Waals surface area contributed by atoms with Crippen molar-refractivity contribution in [1.29, 1.82) is 0 Å². The minimum atomic E-state index is -0.644. The fraction of sp³-hybridized carbons (Fsp3) is 0.219. The summed E-state index contributed by atoms with van der Waals surface area (Å²) in [4.78, 5) is 26.7. The Labute approximate surface area is 236 Å². The van der Waals surface area contributed by atoms with Crippen LogP contribution >= 0.6 is 0 Å². The van der Waals surface area contributed by atoms with E-state index in [9.17, 15) is 9.18 Å². The summed E-state index contributed by atoms with van der Waals surface area (Å²) in [6.07, 6.45) is 3.27. The molecule has 3 aromatic carbocycles. The molecule has 0 spiro atoms. The first-order valence-electron chi connectivity index (χ1n) is 13.5. The Balaban J connectivity index is 1.03. The normalized spacial score (nSPS) is 16.6. The van der Waals surface area contributed by atoms with Gasteiger partial charge in [-0.05, 0) is 47.2 Å². The second-order valence-electron chi connectivity index (χ2n) is 10.0. The van der Waals surface area contributed by atoms with Crippen LogP contribution in [0.4, 0.5) is 10.3 Å². The van der Waals surface area contributed by atoms with Crippen LogP contribution < -0.4 is 9.64 Å². The van der Waals surface area contributed by atoms with Crippen LogP contribution in [0.5, 0.6) is 5.75 Å². The Hall–Kier alpha value is -4.92. The fourth-order valence-electron chi connectivity index (χ4n) is 5.08. The van der Waals surface area contributed by atoms with Gasteiger partial charge in [-0.1, -0.05) is 71.9 Å². The smallest absolute Gasteiger partial charge is 0.264 e. The van der Waals surface area contributed by atoms with Crippen molar-refractivity contribution in [2.45, 2.75) is 19.7 Å². The molecule has 9 heteroatoms. The van der Waals surface area contributed by atoms with Crippen molar-refractivity contribution < 1.29 is 18.4 Å². The first-order valence-corrected chi connectivity index (χ1v) is 13.5. The van der Waals surface area contributed by atoms with Crippen molar-refractivity contribution in [2.75, 3.05) is 18.0 Å². The predicted octanol–water partition coefficient (Wildman–Crippen LogP) is 5.74. The van der Waals surface area contributed by atoms with Crippen LogP contribution in [0.3, 0.4) is 0 Å². The molecule has 5 aromatic rings. The summed E-state index contributed by atoms with van der Waals surface area (Å²) < 4.78 is 24.3. The number of carbonyl (C=O) groups is 1. The zero-order valence-electron chi connectivity index (χ0n) is 22.3. The van der Waals surface area contributed by atoms with E-state index >= 15 is 0 Å². The van der Waals surface area contributed by atoms with Crippen molar-refractivity contribution in [3.8, 4) is 28.3 Å². The lowest BCUT2D eigenvalue weighted by Gasteiger charge is -2.16. The molecule has 2 atom stereocenters. The number of rotatable bonds is 10. The molecule has 0 amide bonds. The first kappa shape index (κ1) is 26.3. The van der Waals surface area contributed by atoms with E-state index in [-0.39, 0.29) is 18.4 Å². The lowest BCUT2D eigenvalue weighted by atomic mass is 9.91. The molecule has 8 nitrogen and oxygen atoms in total. The van der Waals surface area contributed by atoms with Crippen LogP contribution in [0.2, 0.25) is 0 Å². The SMILES string of the molecule is O=C[C@H]1CN(c2nccc(CF)n2)C[C@H]1Cc1ccc(OCc2nc(-c3ccc(-c4ccccc4)cc3)no2)cc1. The standard InChI is InChI=1S/C32H28FN5O3/c33-17-28-14-15-34-32(35-28)38-18-26(27(19-38)20-39)16-22-6-12-29(13-7-22)40-21-30-36-31(37-41-30)25-10-8-24(9-11-25)23-4-2-1-3-5-23/h1-15,20,26-27H,16-19,21H2/t26-,27-/m1/s1. The number of alkyl halides is 1. The molecule has 1 aliphatic heterocycles. The van der Waals surface area contributed by atoms with Gasteiger partial charge in [-0.2, -0.15) is 4.98 Å². The number of anilines is 1. The maximum Gasteiger partial charge on any atom is 0.264 e. The summed E-state index contributed by atoms with van der Waals surface area (Å²) >= 11 is 0. The molecule has 41 heavy (non-hydrogen) atoms. The predicted molar refractivity (Wildman–Crippen MR) is 152 cm³/mol. The molecule has 1 saturated heterocycles. The van der Waals surface area contributed by atoms with Gasteiger partial charge < -0.3 is 19.0 Å². The molecule has 206 valence electrons. The average molecular weight is 550 g/mol. The highest BCUT2D eigenvalue weighted by atomic mass is 19.1. The summed E-state index contributed by atoms with van der Waals surface area (Å²) in [7, 11) is 0. The maximum atomic E-state index is 13.0. The van der Waals surface area contributed by atoms with E-state index in [1.54, 1.807) is 12.3 Å². The molecule has 1 aliphatic rings. The van der Waals surface area contributed by atoms with Gasteiger partial charge in [-0.15, -0.1) is 0 Å². The first-order chi connectivity index (χ1) is 20.2. The van der Waals surface area contributed by atoms with Gasteiger partial charge in [0.1, 0.15) is 18.7 Å². The number of aromatic nitrogens is 4. The molecular weight excluding hydrogens is 521 g/mol. The van der Waals surface area contributed by atoms with Gasteiger partial charge in [0.25, 0.3) is 5.89 Å². The molecule has 0 N–H and O–H groups in total. The van der Waals surface area contributed by atoms with Gasteiger partial charge in [0.2, 0.25) is 11.8 Å². The topological polar surface area (TPSA) is 94.2 Å². The Morgan fingerprint density at radius 3 is 2.41 bits per heavy atom. The van der Waals surface area contributed by atoms with Crippen LogP contribution in [0.15, 0.2) is 95.6 Å². The molecule has 3 heterocycles. The largest absolute Gasteiger partial charge is 0.484 e. The lowest BCUT2D eigenvalue weighted by molar-refractivity contribution is -0.111. The minimum Gasteiger partial charge on any atom is -0.484 e. The second kappa shape index (κ2) is 12.1. The summed E-state index contributed by atoms with van der Waals surface area (Å²) in [5, 5.41) is 4.10. The monoisotopic (exact) mass is 549 g/mol. The Morgan fingerprint density at radius 2 is 1.66 bits per heavy atom. The van der Waals surface area contributed by atoms with Crippen molar-refractivity contribution in [3.63, 3.8) is 0 Å². The van der Waals surface area contributed by atoms with Crippen molar-refractivity contribution in [2.24, 2.45) is 11.8 Å². The van der Waals surface area contributed by atoms with Gasteiger partial charge in [-0.3, -0.25) is 0 Å². The molecular formula is C32H28FN5O3. The average Bonchev–Trinajstić information content (AvgIpc) is 3.69. The third-order valence-electron chi connectivity index (χ3n) is 7.29. The summed E-state index contributed by atoms with van der Waals surface area (Å²) in [5.74, 6) is 2.00. The molecule has 1 fully saturated rings. The van der Waals surface area contributed by atoms with E-state index in [0.29, 0.717) is 42.2 Å².